The molecule has 3 nitrogen and oxygen atoms in total. The minimum atomic E-state index is -0.0165. The summed E-state index contributed by atoms with van der Waals surface area (Å²) in [5, 5.41) is 1.59. The minimum absolute atomic E-state index is 0.0165. The van der Waals surface area contributed by atoms with Crippen LogP contribution in [0.3, 0.4) is 0 Å². The third-order valence-electron chi connectivity index (χ3n) is 2.15. The first-order chi connectivity index (χ1) is 8.66. The first-order valence-corrected chi connectivity index (χ1v) is 6.78. The van der Waals surface area contributed by atoms with Gasteiger partial charge in [0, 0.05) is 11.8 Å². The molecule has 0 N–H and O–H groups in total. The van der Waals surface area contributed by atoms with Crippen molar-refractivity contribution in [2.75, 3.05) is 5.75 Å². The smallest absolute Gasteiger partial charge is 0.173 e. The second-order valence-electron chi connectivity index (χ2n) is 3.39. The first kappa shape index (κ1) is 13.3. The van der Waals surface area contributed by atoms with Crippen molar-refractivity contribution in [3.05, 3.63) is 52.4 Å². The average molecular weight is 299 g/mol. The van der Waals surface area contributed by atoms with Gasteiger partial charge in [0.05, 0.1) is 20.8 Å². The Balaban J connectivity index is 2.02. The molecular formula is C12H8Cl2N2OS. The number of ketones is 1. The second-order valence-corrected chi connectivity index (χ2v) is 5.20. The molecule has 0 radical (unpaired) electrons. The van der Waals surface area contributed by atoms with Crippen LogP contribution in [0.25, 0.3) is 0 Å². The van der Waals surface area contributed by atoms with Crippen LogP contribution in [0.5, 0.6) is 0 Å². The summed E-state index contributed by atoms with van der Waals surface area (Å²) in [6.07, 6.45) is 3.09. The maximum atomic E-state index is 11.9. The monoisotopic (exact) mass is 298 g/mol. The van der Waals surface area contributed by atoms with Crippen LogP contribution in [0.2, 0.25) is 10.0 Å². The fourth-order valence-electron chi connectivity index (χ4n) is 1.26. The number of carbonyl (C=O) groups is 1. The molecule has 18 heavy (non-hydrogen) atoms. The standard InChI is InChI=1S/C12H8Cl2N2OS/c13-9-2-1-8(5-10(9)14)11(17)6-18-12-3-4-15-7-16-12/h1-5,7H,6H2. The Morgan fingerprint density at radius 1 is 1.22 bits per heavy atom. The molecule has 0 bridgehead atoms. The fraction of sp³-hybridized carbons (Fsp3) is 0.0833. The van der Waals surface area contributed by atoms with Gasteiger partial charge in [-0.1, -0.05) is 35.0 Å². The van der Waals surface area contributed by atoms with Crippen molar-refractivity contribution in [2.45, 2.75) is 5.03 Å². The SMILES string of the molecule is O=C(CSc1ccncn1)c1ccc(Cl)c(Cl)c1. The van der Waals surface area contributed by atoms with E-state index in [9.17, 15) is 4.79 Å². The molecule has 2 rings (SSSR count). The maximum absolute atomic E-state index is 11.9. The van der Waals surface area contributed by atoms with Crippen LogP contribution in [0, 0.1) is 0 Å². The molecule has 92 valence electrons. The van der Waals surface area contributed by atoms with Crippen LogP contribution in [0.15, 0.2) is 41.8 Å². The second kappa shape index (κ2) is 6.18. The molecule has 1 aromatic carbocycles. The van der Waals surface area contributed by atoms with Crippen molar-refractivity contribution in [3.63, 3.8) is 0 Å². The van der Waals surface area contributed by atoms with E-state index in [2.05, 4.69) is 9.97 Å². The van der Waals surface area contributed by atoms with E-state index in [4.69, 9.17) is 23.2 Å². The molecule has 0 aliphatic heterocycles. The molecule has 0 saturated carbocycles. The van der Waals surface area contributed by atoms with E-state index in [1.165, 1.54) is 18.1 Å². The van der Waals surface area contributed by atoms with Crippen LogP contribution < -0.4 is 0 Å². The first-order valence-electron chi connectivity index (χ1n) is 5.04. The van der Waals surface area contributed by atoms with E-state index in [-0.39, 0.29) is 5.78 Å². The summed E-state index contributed by atoms with van der Waals surface area (Å²) in [7, 11) is 0. The van der Waals surface area contributed by atoms with Gasteiger partial charge in [0.25, 0.3) is 0 Å². The Hall–Kier alpha value is -1.10. The molecule has 0 fully saturated rings. The molecule has 0 amide bonds. The van der Waals surface area contributed by atoms with Crippen LogP contribution >= 0.6 is 35.0 Å². The van der Waals surface area contributed by atoms with E-state index in [0.29, 0.717) is 21.4 Å². The summed E-state index contributed by atoms with van der Waals surface area (Å²) in [5.74, 6) is 0.284. The largest absolute Gasteiger partial charge is 0.293 e. The Morgan fingerprint density at radius 3 is 2.72 bits per heavy atom. The number of halogens is 2. The highest BCUT2D eigenvalue weighted by Gasteiger charge is 2.09. The molecule has 1 heterocycles. The Labute approximate surface area is 119 Å². The Bertz CT molecular complexity index is 563. The highest BCUT2D eigenvalue weighted by atomic mass is 35.5. The molecule has 0 atom stereocenters. The maximum Gasteiger partial charge on any atom is 0.173 e. The molecule has 0 spiro atoms. The summed E-state index contributed by atoms with van der Waals surface area (Å²) in [5.41, 5.74) is 0.547. The molecule has 0 unspecified atom stereocenters. The van der Waals surface area contributed by atoms with E-state index in [1.807, 2.05) is 0 Å². The van der Waals surface area contributed by atoms with Gasteiger partial charge >= 0.3 is 0 Å². The molecule has 1 aromatic heterocycles. The summed E-state index contributed by atoms with van der Waals surface area (Å²) >= 11 is 13.0. The summed E-state index contributed by atoms with van der Waals surface area (Å²) in [4.78, 5) is 19.8. The Kier molecular flexibility index (Phi) is 4.58. The molecular weight excluding hydrogens is 291 g/mol. The normalized spacial score (nSPS) is 10.3. The summed E-state index contributed by atoms with van der Waals surface area (Å²) in [6.45, 7) is 0. The van der Waals surface area contributed by atoms with Crippen LogP contribution in [0.1, 0.15) is 10.4 Å². The van der Waals surface area contributed by atoms with E-state index < -0.39 is 0 Å². The van der Waals surface area contributed by atoms with Crippen LogP contribution in [0.4, 0.5) is 0 Å². The van der Waals surface area contributed by atoms with E-state index in [0.717, 1.165) is 5.03 Å². The number of hydrogen-bond donors (Lipinski definition) is 0. The van der Waals surface area contributed by atoms with Gasteiger partial charge in [0.1, 0.15) is 6.33 Å². The topological polar surface area (TPSA) is 42.9 Å². The van der Waals surface area contributed by atoms with Gasteiger partial charge < -0.3 is 0 Å². The van der Waals surface area contributed by atoms with Crippen molar-refractivity contribution >= 4 is 40.7 Å². The highest BCUT2D eigenvalue weighted by Crippen LogP contribution is 2.24. The lowest BCUT2D eigenvalue weighted by Crippen LogP contribution is -2.02. The third-order valence-corrected chi connectivity index (χ3v) is 3.83. The Morgan fingerprint density at radius 2 is 2.06 bits per heavy atom. The zero-order valence-corrected chi connectivity index (χ0v) is 11.5. The number of carbonyl (C=O) groups excluding carboxylic acids is 1. The molecule has 6 heteroatoms. The van der Waals surface area contributed by atoms with Gasteiger partial charge in [-0.2, -0.15) is 0 Å². The van der Waals surface area contributed by atoms with Gasteiger partial charge in [-0.05, 0) is 24.3 Å². The fourth-order valence-corrected chi connectivity index (χ4v) is 2.28. The molecule has 0 aliphatic rings. The quantitative estimate of drug-likeness (QED) is 0.490. The van der Waals surface area contributed by atoms with Crippen molar-refractivity contribution < 1.29 is 4.79 Å². The van der Waals surface area contributed by atoms with Gasteiger partial charge in [-0.25, -0.2) is 9.97 Å². The van der Waals surface area contributed by atoms with Crippen molar-refractivity contribution in [2.24, 2.45) is 0 Å². The summed E-state index contributed by atoms with van der Waals surface area (Å²) in [6, 6.07) is 6.61. The lowest BCUT2D eigenvalue weighted by Gasteiger charge is -2.02. The highest BCUT2D eigenvalue weighted by molar-refractivity contribution is 7.99. The van der Waals surface area contributed by atoms with Crippen molar-refractivity contribution in [3.8, 4) is 0 Å². The average Bonchev–Trinajstić information content (AvgIpc) is 2.40. The lowest BCUT2D eigenvalue weighted by atomic mass is 10.1. The molecule has 2 aromatic rings. The van der Waals surface area contributed by atoms with Crippen LogP contribution in [-0.4, -0.2) is 21.5 Å². The lowest BCUT2D eigenvalue weighted by molar-refractivity contribution is 0.102. The number of Topliss-reactive ketones (excluding diaryl/α,β-unsaturated/α-hetero) is 1. The van der Waals surface area contributed by atoms with Gasteiger partial charge in [-0.3, -0.25) is 4.79 Å². The minimum Gasteiger partial charge on any atom is -0.293 e. The van der Waals surface area contributed by atoms with Crippen molar-refractivity contribution in [1.82, 2.24) is 9.97 Å². The van der Waals surface area contributed by atoms with Crippen LogP contribution in [-0.2, 0) is 0 Å². The number of benzene rings is 1. The van der Waals surface area contributed by atoms with Gasteiger partial charge in [-0.15, -0.1) is 0 Å². The molecule has 0 saturated heterocycles. The third kappa shape index (κ3) is 3.45. The number of thioether (sulfide) groups is 1. The molecule has 0 aliphatic carbocycles. The van der Waals surface area contributed by atoms with E-state index >= 15 is 0 Å². The number of rotatable bonds is 4. The zero-order valence-electron chi connectivity index (χ0n) is 9.14. The predicted octanol–water partition coefficient (Wildman–Crippen LogP) is 3.76. The summed E-state index contributed by atoms with van der Waals surface area (Å²) < 4.78 is 0. The predicted molar refractivity (Wildman–Crippen MR) is 73.5 cm³/mol. The number of hydrogen-bond acceptors (Lipinski definition) is 4. The number of nitrogens with zero attached hydrogens (tertiary/aromatic N) is 2. The van der Waals surface area contributed by atoms with Gasteiger partial charge in [0.2, 0.25) is 0 Å². The van der Waals surface area contributed by atoms with Gasteiger partial charge in [0.15, 0.2) is 5.78 Å². The van der Waals surface area contributed by atoms with Crippen molar-refractivity contribution in [1.29, 1.82) is 0 Å². The number of aromatic nitrogens is 2. The zero-order chi connectivity index (χ0) is 13.0. The van der Waals surface area contributed by atoms with E-state index in [1.54, 1.807) is 30.5 Å².